The van der Waals surface area contributed by atoms with E-state index in [1.807, 2.05) is 18.7 Å². The highest BCUT2D eigenvalue weighted by molar-refractivity contribution is 7.90. The van der Waals surface area contributed by atoms with Crippen LogP contribution in [0.5, 0.6) is 5.75 Å². The molecular formula is C27H34FN5O4S. The maximum Gasteiger partial charge on any atom is 0.281 e. The molecule has 9 nitrogen and oxygen atoms in total. The Morgan fingerprint density at radius 3 is 2.71 bits per heavy atom. The third kappa shape index (κ3) is 5.82. The molecule has 0 aliphatic carbocycles. The van der Waals surface area contributed by atoms with Crippen molar-refractivity contribution in [2.45, 2.75) is 58.0 Å². The summed E-state index contributed by atoms with van der Waals surface area (Å²) in [5, 5.41) is 5.79. The molecule has 204 valence electrons. The van der Waals surface area contributed by atoms with Crippen LogP contribution in [0.2, 0.25) is 0 Å². The van der Waals surface area contributed by atoms with Gasteiger partial charge in [-0.15, -0.1) is 0 Å². The smallest absolute Gasteiger partial charge is 0.281 e. The number of carbonyl (C=O) groups is 1. The number of pyridine rings is 1. The van der Waals surface area contributed by atoms with E-state index in [1.54, 1.807) is 12.1 Å². The lowest BCUT2D eigenvalue weighted by Crippen LogP contribution is -2.53. The van der Waals surface area contributed by atoms with Gasteiger partial charge in [-0.1, -0.05) is 20.8 Å². The zero-order chi connectivity index (χ0) is 27.7. The Morgan fingerprint density at radius 2 is 2.03 bits per heavy atom. The molecule has 0 bridgehead atoms. The van der Waals surface area contributed by atoms with E-state index in [4.69, 9.17) is 9.72 Å². The van der Waals surface area contributed by atoms with Gasteiger partial charge < -0.3 is 9.64 Å². The number of halogens is 1. The van der Waals surface area contributed by atoms with Gasteiger partial charge in [0.25, 0.3) is 15.9 Å². The van der Waals surface area contributed by atoms with Gasteiger partial charge in [-0.05, 0) is 68.9 Å². The molecule has 0 spiro atoms. The third-order valence-corrected chi connectivity index (χ3v) is 8.30. The quantitative estimate of drug-likeness (QED) is 0.420. The minimum atomic E-state index is -4.17. The van der Waals surface area contributed by atoms with E-state index in [9.17, 15) is 17.6 Å². The number of hydrogen-bond acceptors (Lipinski definition) is 7. The normalized spacial score (nSPS) is 17.4. The van der Waals surface area contributed by atoms with E-state index in [0.717, 1.165) is 12.8 Å². The fraction of sp³-hybridized carbons (Fsp3) is 0.444. The number of H-pyrrole nitrogens is 1. The van der Waals surface area contributed by atoms with Gasteiger partial charge in [0.2, 0.25) is 0 Å². The van der Waals surface area contributed by atoms with Crippen molar-refractivity contribution in [3.05, 3.63) is 54.0 Å². The van der Waals surface area contributed by atoms with Gasteiger partial charge in [0, 0.05) is 23.7 Å². The van der Waals surface area contributed by atoms with Crippen LogP contribution in [0.1, 0.15) is 57.8 Å². The summed E-state index contributed by atoms with van der Waals surface area (Å²) < 4.78 is 47.8. The first-order chi connectivity index (χ1) is 17.9. The number of benzene rings is 1. The molecule has 1 unspecified atom stereocenters. The second-order valence-corrected chi connectivity index (χ2v) is 12.3. The molecule has 4 rings (SSSR count). The molecule has 38 heavy (non-hydrogen) atoms. The van der Waals surface area contributed by atoms with Crippen LogP contribution in [0.4, 0.5) is 10.2 Å². The summed E-state index contributed by atoms with van der Waals surface area (Å²) in [6.45, 7) is 11.4. The van der Waals surface area contributed by atoms with Gasteiger partial charge >= 0.3 is 0 Å². The van der Waals surface area contributed by atoms with E-state index in [0.29, 0.717) is 36.0 Å². The maximum atomic E-state index is 14.5. The number of ether oxygens (including phenoxy) is 1. The summed E-state index contributed by atoms with van der Waals surface area (Å²) in [4.78, 5) is 20.2. The first kappa shape index (κ1) is 27.6. The molecule has 1 fully saturated rings. The number of aromatic amines is 1. The molecule has 1 aromatic carbocycles. The summed E-state index contributed by atoms with van der Waals surface area (Å²) in [7, 11) is -4.17. The Morgan fingerprint density at radius 1 is 1.26 bits per heavy atom. The molecule has 1 amide bonds. The highest BCUT2D eigenvalue weighted by Crippen LogP contribution is 2.38. The molecule has 0 saturated carbocycles. The molecule has 1 aliphatic heterocycles. The Hall–Kier alpha value is -3.47. The van der Waals surface area contributed by atoms with Crippen molar-refractivity contribution in [2.24, 2.45) is 11.8 Å². The van der Waals surface area contributed by atoms with Crippen LogP contribution in [0.3, 0.4) is 0 Å². The van der Waals surface area contributed by atoms with Crippen molar-refractivity contribution in [3.63, 3.8) is 0 Å². The minimum Gasteiger partial charge on any atom is -0.493 e. The van der Waals surface area contributed by atoms with E-state index >= 15 is 0 Å². The first-order valence-corrected chi connectivity index (χ1v) is 14.2. The van der Waals surface area contributed by atoms with E-state index in [1.165, 1.54) is 30.5 Å². The molecule has 3 heterocycles. The van der Waals surface area contributed by atoms with Crippen molar-refractivity contribution in [3.8, 4) is 17.0 Å². The number of anilines is 1. The average molecular weight is 544 g/mol. The molecule has 11 heteroatoms. The van der Waals surface area contributed by atoms with Gasteiger partial charge in [-0.3, -0.25) is 9.89 Å². The van der Waals surface area contributed by atoms with Crippen molar-refractivity contribution >= 4 is 21.7 Å². The zero-order valence-corrected chi connectivity index (χ0v) is 23.1. The lowest BCUT2D eigenvalue weighted by atomic mass is 9.80. The molecular weight excluding hydrogens is 509 g/mol. The van der Waals surface area contributed by atoms with Gasteiger partial charge in [0.05, 0.1) is 24.1 Å². The summed E-state index contributed by atoms with van der Waals surface area (Å²) in [5.41, 5.74) is 0.668. The molecule has 3 aromatic rings. The van der Waals surface area contributed by atoms with Gasteiger partial charge in [-0.2, -0.15) is 13.5 Å². The fourth-order valence-corrected chi connectivity index (χ4v) is 5.39. The summed E-state index contributed by atoms with van der Waals surface area (Å²) in [5.74, 6) is -0.00394. The predicted molar refractivity (Wildman–Crippen MR) is 143 cm³/mol. The lowest BCUT2D eigenvalue weighted by molar-refractivity contribution is 0.0981. The summed E-state index contributed by atoms with van der Waals surface area (Å²) >= 11 is 0. The number of nitrogens with zero attached hydrogens (tertiary/aromatic N) is 3. The number of piperidine rings is 1. The maximum absolute atomic E-state index is 14.5. The fourth-order valence-electron chi connectivity index (χ4n) is 4.52. The van der Waals surface area contributed by atoms with Crippen molar-refractivity contribution < 1.29 is 22.3 Å². The molecule has 1 saturated heterocycles. The van der Waals surface area contributed by atoms with Crippen LogP contribution in [-0.2, 0) is 10.0 Å². The van der Waals surface area contributed by atoms with Gasteiger partial charge in [0.1, 0.15) is 17.4 Å². The number of aromatic nitrogens is 3. The van der Waals surface area contributed by atoms with Crippen molar-refractivity contribution in [1.82, 2.24) is 19.9 Å². The van der Waals surface area contributed by atoms with Crippen LogP contribution in [0.15, 0.2) is 47.6 Å². The number of rotatable bonds is 8. The second-order valence-electron chi connectivity index (χ2n) is 10.7. The molecule has 2 aromatic heterocycles. The average Bonchev–Trinajstić information content (AvgIpc) is 3.40. The topological polar surface area (TPSA) is 117 Å². The Kier molecular flexibility index (Phi) is 7.78. The molecule has 0 radical (unpaired) electrons. The predicted octanol–water partition coefficient (Wildman–Crippen LogP) is 4.78. The monoisotopic (exact) mass is 543 g/mol. The Balaban J connectivity index is 1.78. The summed E-state index contributed by atoms with van der Waals surface area (Å²) in [6, 6.07) is 8.78. The zero-order valence-electron chi connectivity index (χ0n) is 22.3. The highest BCUT2D eigenvalue weighted by Gasteiger charge is 2.38. The van der Waals surface area contributed by atoms with Crippen molar-refractivity contribution in [2.75, 3.05) is 18.1 Å². The van der Waals surface area contributed by atoms with Crippen LogP contribution >= 0.6 is 0 Å². The largest absolute Gasteiger partial charge is 0.493 e. The number of nitrogens with one attached hydrogen (secondary N) is 2. The number of amides is 1. The standard InChI is InChI=1S/C27H34FN5O4S/c1-17(2)16-37-21-14-19(13-20(28)15-21)23-9-8-22(26(34)32-38(35,36)24-10-11-29-31-24)25(30-23)33-12-6-7-18(3)27(33,4)5/h8-11,13-15,17-18H,6-7,12,16H2,1-5H3,(H,29,31)(H,32,34). The van der Waals surface area contributed by atoms with Crippen LogP contribution in [-0.4, -0.2) is 48.2 Å². The number of hydrogen-bond donors (Lipinski definition) is 2. The SMILES string of the molecule is CC(C)COc1cc(F)cc(-c2ccc(C(=O)NS(=O)(=O)c3ccn[nH]3)c(N3CCCC(C)C3(C)C)n2)c1. The van der Waals surface area contributed by atoms with E-state index in [-0.39, 0.29) is 28.0 Å². The van der Waals surface area contributed by atoms with Gasteiger partial charge in [-0.25, -0.2) is 14.1 Å². The lowest BCUT2D eigenvalue weighted by Gasteiger charge is -2.48. The minimum absolute atomic E-state index is 0.103. The first-order valence-electron chi connectivity index (χ1n) is 12.7. The van der Waals surface area contributed by atoms with Crippen molar-refractivity contribution in [1.29, 1.82) is 0 Å². The van der Waals surface area contributed by atoms with Crippen LogP contribution in [0, 0.1) is 17.7 Å². The highest BCUT2D eigenvalue weighted by atomic mass is 32.2. The van der Waals surface area contributed by atoms with Crippen LogP contribution < -0.4 is 14.4 Å². The van der Waals surface area contributed by atoms with E-state index < -0.39 is 21.7 Å². The number of carbonyl (C=O) groups excluding carboxylic acids is 1. The Labute approximate surface area is 222 Å². The second kappa shape index (κ2) is 10.7. The molecule has 1 aliphatic rings. The number of sulfonamides is 1. The third-order valence-electron chi connectivity index (χ3n) is 7.04. The summed E-state index contributed by atoms with van der Waals surface area (Å²) in [6.07, 6.45) is 3.19. The van der Waals surface area contributed by atoms with Crippen LogP contribution in [0.25, 0.3) is 11.3 Å². The van der Waals surface area contributed by atoms with E-state index in [2.05, 4.69) is 35.7 Å². The molecule has 2 N–H and O–H groups in total. The Bertz CT molecular complexity index is 1410. The van der Waals surface area contributed by atoms with Gasteiger partial charge in [0.15, 0.2) is 5.03 Å². The molecule has 1 atom stereocenters.